The number of rotatable bonds is 4. The highest BCUT2D eigenvalue weighted by Gasteiger charge is 2.16. The standard InChI is InChI=1S/C13H12ClFN2O2S/c1-16-20(18,19)13-5-3-2-4-12(13)17-9-6-7-11(15)10(14)8-9/h2-8,16-17H,1H3. The number of hydrogen-bond acceptors (Lipinski definition) is 3. The lowest BCUT2D eigenvalue weighted by Gasteiger charge is -2.12. The monoisotopic (exact) mass is 314 g/mol. The minimum atomic E-state index is -3.59. The molecule has 0 aliphatic rings. The first-order valence-corrected chi connectivity index (χ1v) is 7.55. The van der Waals surface area contributed by atoms with Crippen molar-refractivity contribution in [1.82, 2.24) is 4.72 Å². The van der Waals surface area contributed by atoms with Crippen LogP contribution >= 0.6 is 11.6 Å². The van der Waals surface area contributed by atoms with Crippen LogP contribution in [0, 0.1) is 5.82 Å². The van der Waals surface area contributed by atoms with E-state index in [1.165, 1.54) is 31.3 Å². The largest absolute Gasteiger partial charge is 0.354 e. The number of para-hydroxylation sites is 1. The molecule has 2 N–H and O–H groups in total. The van der Waals surface area contributed by atoms with Gasteiger partial charge < -0.3 is 5.32 Å². The third kappa shape index (κ3) is 3.09. The van der Waals surface area contributed by atoms with Crippen molar-refractivity contribution in [3.63, 3.8) is 0 Å². The first-order chi connectivity index (χ1) is 9.44. The van der Waals surface area contributed by atoms with Crippen LogP contribution in [0.25, 0.3) is 0 Å². The Kier molecular flexibility index (Phi) is 4.27. The van der Waals surface area contributed by atoms with Crippen molar-refractivity contribution in [3.05, 3.63) is 53.3 Å². The molecule has 2 rings (SSSR count). The first-order valence-electron chi connectivity index (χ1n) is 5.68. The van der Waals surface area contributed by atoms with Crippen molar-refractivity contribution in [1.29, 1.82) is 0 Å². The fourth-order valence-corrected chi connectivity index (χ4v) is 2.71. The molecule has 7 heteroatoms. The van der Waals surface area contributed by atoms with Crippen LogP contribution in [0.3, 0.4) is 0 Å². The van der Waals surface area contributed by atoms with Gasteiger partial charge in [0.05, 0.1) is 10.7 Å². The van der Waals surface area contributed by atoms with Gasteiger partial charge in [0.25, 0.3) is 0 Å². The second-order valence-corrected chi connectivity index (χ2v) is 6.22. The molecule has 0 heterocycles. The SMILES string of the molecule is CNS(=O)(=O)c1ccccc1Nc1ccc(F)c(Cl)c1. The van der Waals surface area contributed by atoms with E-state index >= 15 is 0 Å². The summed E-state index contributed by atoms with van der Waals surface area (Å²) < 4.78 is 39.1. The quantitative estimate of drug-likeness (QED) is 0.911. The number of anilines is 2. The predicted molar refractivity (Wildman–Crippen MR) is 77.4 cm³/mol. The van der Waals surface area contributed by atoms with Crippen LogP contribution in [0.1, 0.15) is 0 Å². The van der Waals surface area contributed by atoms with Gasteiger partial charge in [0.1, 0.15) is 10.7 Å². The molecule has 0 aliphatic carbocycles. The topological polar surface area (TPSA) is 58.2 Å². The van der Waals surface area contributed by atoms with E-state index in [1.54, 1.807) is 18.2 Å². The van der Waals surface area contributed by atoms with Crippen LogP contribution in [0.4, 0.5) is 15.8 Å². The van der Waals surface area contributed by atoms with E-state index in [0.29, 0.717) is 11.4 Å². The molecule has 4 nitrogen and oxygen atoms in total. The van der Waals surface area contributed by atoms with E-state index in [9.17, 15) is 12.8 Å². The lowest BCUT2D eigenvalue weighted by molar-refractivity contribution is 0.588. The van der Waals surface area contributed by atoms with Gasteiger partial charge >= 0.3 is 0 Å². The van der Waals surface area contributed by atoms with Crippen molar-refractivity contribution in [2.45, 2.75) is 4.90 Å². The van der Waals surface area contributed by atoms with Crippen LogP contribution in [0.5, 0.6) is 0 Å². The van der Waals surface area contributed by atoms with E-state index in [4.69, 9.17) is 11.6 Å². The second kappa shape index (κ2) is 5.78. The fourth-order valence-electron chi connectivity index (χ4n) is 1.64. The van der Waals surface area contributed by atoms with Gasteiger partial charge in [-0.15, -0.1) is 0 Å². The Bertz CT molecular complexity index is 735. The van der Waals surface area contributed by atoms with Gasteiger partial charge in [-0.25, -0.2) is 17.5 Å². The summed E-state index contributed by atoms with van der Waals surface area (Å²) in [6, 6.07) is 10.5. The molecule has 20 heavy (non-hydrogen) atoms. The molecular formula is C13H12ClFN2O2S. The minimum Gasteiger partial charge on any atom is -0.354 e. The van der Waals surface area contributed by atoms with Crippen molar-refractivity contribution in [2.75, 3.05) is 12.4 Å². The Balaban J connectivity index is 2.42. The molecule has 0 spiro atoms. The molecule has 0 fully saturated rings. The van der Waals surface area contributed by atoms with E-state index < -0.39 is 15.8 Å². The van der Waals surface area contributed by atoms with Crippen molar-refractivity contribution >= 4 is 33.0 Å². The first kappa shape index (κ1) is 14.8. The van der Waals surface area contributed by atoms with Gasteiger partial charge in [-0.3, -0.25) is 0 Å². The number of nitrogens with one attached hydrogen (secondary N) is 2. The normalized spacial score (nSPS) is 11.3. The van der Waals surface area contributed by atoms with Crippen LogP contribution in [-0.4, -0.2) is 15.5 Å². The molecule has 0 aliphatic heterocycles. The number of hydrogen-bond donors (Lipinski definition) is 2. The zero-order chi connectivity index (χ0) is 14.8. The van der Waals surface area contributed by atoms with Gasteiger partial charge in [-0.2, -0.15) is 0 Å². The summed E-state index contributed by atoms with van der Waals surface area (Å²) in [5.74, 6) is -0.534. The Hall–Kier alpha value is -1.63. The highest BCUT2D eigenvalue weighted by Crippen LogP contribution is 2.26. The van der Waals surface area contributed by atoms with E-state index in [0.717, 1.165) is 0 Å². The third-order valence-electron chi connectivity index (χ3n) is 2.64. The number of halogens is 2. The summed E-state index contributed by atoms with van der Waals surface area (Å²) in [6.45, 7) is 0. The van der Waals surface area contributed by atoms with E-state index in [-0.39, 0.29) is 9.92 Å². The van der Waals surface area contributed by atoms with Gasteiger partial charge in [-0.05, 0) is 37.4 Å². The molecule has 2 aromatic rings. The summed E-state index contributed by atoms with van der Waals surface area (Å²) in [7, 11) is -2.25. The average Bonchev–Trinajstić information content (AvgIpc) is 2.43. The molecule has 106 valence electrons. The average molecular weight is 315 g/mol. The molecule has 0 saturated carbocycles. The Morgan fingerprint density at radius 3 is 2.50 bits per heavy atom. The summed E-state index contributed by atoms with van der Waals surface area (Å²) in [4.78, 5) is 0.1000. The molecular weight excluding hydrogens is 303 g/mol. The highest BCUT2D eigenvalue weighted by molar-refractivity contribution is 7.89. The smallest absolute Gasteiger partial charge is 0.242 e. The molecule has 0 amide bonds. The maximum absolute atomic E-state index is 13.1. The van der Waals surface area contributed by atoms with Crippen LogP contribution in [0.15, 0.2) is 47.4 Å². The molecule has 2 aromatic carbocycles. The molecule has 0 atom stereocenters. The zero-order valence-electron chi connectivity index (χ0n) is 10.5. The third-order valence-corrected chi connectivity index (χ3v) is 4.41. The van der Waals surface area contributed by atoms with Crippen LogP contribution in [0.2, 0.25) is 5.02 Å². The maximum Gasteiger partial charge on any atom is 0.242 e. The molecule has 0 saturated heterocycles. The number of benzene rings is 2. The van der Waals surface area contributed by atoms with E-state index in [1.807, 2.05) is 0 Å². The predicted octanol–water partition coefficient (Wildman–Crippen LogP) is 3.13. The summed E-state index contributed by atoms with van der Waals surface area (Å²) in [5.41, 5.74) is 0.875. The summed E-state index contributed by atoms with van der Waals surface area (Å²) in [5, 5.41) is 2.87. The lowest BCUT2D eigenvalue weighted by atomic mass is 10.2. The molecule has 0 unspecified atom stereocenters. The Morgan fingerprint density at radius 1 is 1.15 bits per heavy atom. The van der Waals surface area contributed by atoms with Gasteiger partial charge in [0.15, 0.2) is 0 Å². The summed E-state index contributed by atoms with van der Waals surface area (Å²) in [6.07, 6.45) is 0. The van der Waals surface area contributed by atoms with Gasteiger partial charge in [0.2, 0.25) is 10.0 Å². The lowest BCUT2D eigenvalue weighted by Crippen LogP contribution is -2.19. The van der Waals surface area contributed by atoms with Crippen LogP contribution in [-0.2, 0) is 10.0 Å². The molecule has 0 radical (unpaired) electrons. The second-order valence-electron chi connectivity index (χ2n) is 3.96. The van der Waals surface area contributed by atoms with Crippen molar-refractivity contribution < 1.29 is 12.8 Å². The maximum atomic E-state index is 13.1. The molecule has 0 aromatic heterocycles. The van der Waals surface area contributed by atoms with Crippen LogP contribution < -0.4 is 10.0 Å². The highest BCUT2D eigenvalue weighted by atomic mass is 35.5. The number of sulfonamides is 1. The van der Waals surface area contributed by atoms with Gasteiger partial charge in [-0.1, -0.05) is 23.7 Å². The molecule has 0 bridgehead atoms. The van der Waals surface area contributed by atoms with Crippen molar-refractivity contribution in [2.24, 2.45) is 0 Å². The van der Waals surface area contributed by atoms with Crippen molar-refractivity contribution in [3.8, 4) is 0 Å². The summed E-state index contributed by atoms with van der Waals surface area (Å²) >= 11 is 5.69. The Labute approximate surface area is 121 Å². The van der Waals surface area contributed by atoms with E-state index in [2.05, 4.69) is 10.0 Å². The zero-order valence-corrected chi connectivity index (χ0v) is 12.1. The minimum absolute atomic E-state index is 0.0380. The van der Waals surface area contributed by atoms with Gasteiger partial charge in [0, 0.05) is 5.69 Å². The Morgan fingerprint density at radius 2 is 1.85 bits per heavy atom. The fraction of sp³-hybridized carbons (Fsp3) is 0.0769.